The lowest BCUT2D eigenvalue weighted by molar-refractivity contribution is 0.112. The molecule has 3 aromatic carbocycles. The Morgan fingerprint density at radius 3 is 0.838 bits per heavy atom. The van der Waals surface area contributed by atoms with Gasteiger partial charge in [-0.15, -0.1) is 0 Å². The molecule has 6 aromatic rings. The number of aromatic nitrogens is 4. The number of nitrogens with zero attached hydrogens (tertiary/aromatic N) is 2. The zero-order valence-electron chi connectivity index (χ0n) is 44.2. The van der Waals surface area contributed by atoms with E-state index in [1.165, 1.54) is 33.4 Å². The lowest BCUT2D eigenvalue weighted by Crippen LogP contribution is -2.16. The molecule has 3 aromatic heterocycles. The van der Waals surface area contributed by atoms with Crippen molar-refractivity contribution in [2.45, 2.75) is 157 Å². The second kappa shape index (κ2) is 16.6. The van der Waals surface area contributed by atoms with Crippen LogP contribution >= 0.6 is 0 Å². The van der Waals surface area contributed by atoms with Gasteiger partial charge in [0.1, 0.15) is 0 Å². The summed E-state index contributed by atoms with van der Waals surface area (Å²) in [6, 6.07) is 29.7. The van der Waals surface area contributed by atoms with Gasteiger partial charge in [0.25, 0.3) is 0 Å². The van der Waals surface area contributed by atoms with Gasteiger partial charge >= 0.3 is 0 Å². The van der Waals surface area contributed by atoms with Crippen molar-refractivity contribution in [2.75, 3.05) is 0 Å². The second-order valence-corrected chi connectivity index (χ2v) is 25.6. The Balaban J connectivity index is 1.61. The minimum atomic E-state index is -0.104. The van der Waals surface area contributed by atoms with Crippen LogP contribution in [0.4, 0.5) is 0 Å². The van der Waals surface area contributed by atoms with Gasteiger partial charge in [-0.05, 0) is 131 Å². The van der Waals surface area contributed by atoms with Crippen LogP contribution in [0.25, 0.3) is 79.8 Å². The minimum Gasteiger partial charge on any atom is -0.354 e. The van der Waals surface area contributed by atoms with Crippen molar-refractivity contribution in [3.05, 3.63) is 141 Å². The number of hydrogen-bond donors (Lipinski definition) is 2. The fourth-order valence-corrected chi connectivity index (χ4v) is 9.18. The van der Waals surface area contributed by atoms with Crippen LogP contribution in [0, 0.1) is 0 Å². The van der Waals surface area contributed by atoms with E-state index >= 15 is 0 Å². The van der Waals surface area contributed by atoms with Gasteiger partial charge in [0.05, 0.1) is 33.9 Å². The standard InChI is InChI=1S/C63H74N4O/c1-58(2,3)40-27-37(28-41(33-40)59(4,5)6)55-49-21-19-47(64-49)46(36-68)48-20-22-50(65-48)56(38-29-42(60(7,8)9)34-43(30-38)61(10,11)12)52-24-26-54(67-52)57(53-25-23-51(55)66-53)39-31-44(62(13,14)15)35-45(32-39)63(16,17)18/h19-36,64,67H,1-18H3. The fourth-order valence-electron chi connectivity index (χ4n) is 9.18. The zero-order chi connectivity index (χ0) is 49.7. The highest BCUT2D eigenvalue weighted by atomic mass is 16.1. The Bertz CT molecular complexity index is 3060. The molecule has 5 heterocycles. The molecule has 0 aliphatic carbocycles. The third-order valence-electron chi connectivity index (χ3n) is 13.8. The van der Waals surface area contributed by atoms with Gasteiger partial charge in [0, 0.05) is 33.2 Å². The van der Waals surface area contributed by atoms with Crippen molar-refractivity contribution in [2.24, 2.45) is 0 Å². The number of rotatable bonds is 4. The molecule has 0 unspecified atom stereocenters. The Kier molecular flexibility index (Phi) is 11.8. The predicted octanol–water partition coefficient (Wildman–Crippen LogP) is 17.3. The van der Waals surface area contributed by atoms with Crippen LogP contribution in [0.5, 0.6) is 0 Å². The van der Waals surface area contributed by atoms with Gasteiger partial charge in [-0.3, -0.25) is 4.79 Å². The molecular formula is C63H74N4O. The molecule has 68 heavy (non-hydrogen) atoms. The fraction of sp³-hybridized carbons (Fsp3) is 0.381. The lowest BCUT2D eigenvalue weighted by Gasteiger charge is -2.26. The summed E-state index contributed by atoms with van der Waals surface area (Å²) in [5.74, 6) is 0. The smallest absolute Gasteiger partial charge is 0.154 e. The number of nitrogens with one attached hydrogen (secondary N) is 2. The summed E-state index contributed by atoms with van der Waals surface area (Å²) >= 11 is 0. The molecule has 0 radical (unpaired) electrons. The third kappa shape index (κ3) is 9.51. The largest absolute Gasteiger partial charge is 0.354 e. The predicted molar refractivity (Wildman–Crippen MR) is 293 cm³/mol. The number of hydrogen-bond acceptors (Lipinski definition) is 3. The summed E-state index contributed by atoms with van der Waals surface area (Å²) in [5.41, 5.74) is 20.3. The number of aldehydes is 1. The number of carbonyl (C=O) groups is 1. The van der Waals surface area contributed by atoms with E-state index < -0.39 is 0 Å². The summed E-state index contributed by atoms with van der Waals surface area (Å²) in [6.07, 6.45) is 9.35. The molecule has 8 bridgehead atoms. The van der Waals surface area contributed by atoms with Gasteiger partial charge in [-0.2, -0.15) is 0 Å². The van der Waals surface area contributed by atoms with Crippen molar-refractivity contribution in [3.63, 3.8) is 0 Å². The van der Waals surface area contributed by atoms with E-state index in [4.69, 9.17) is 9.97 Å². The minimum absolute atomic E-state index is 0.0994. The highest BCUT2D eigenvalue weighted by Gasteiger charge is 2.27. The molecule has 2 N–H and O–H groups in total. The Morgan fingerprint density at radius 1 is 0.338 bits per heavy atom. The molecule has 0 saturated carbocycles. The molecule has 352 valence electrons. The van der Waals surface area contributed by atoms with Gasteiger partial charge in [-0.25, -0.2) is 9.97 Å². The molecule has 0 fully saturated rings. The lowest BCUT2D eigenvalue weighted by atomic mass is 9.78. The monoisotopic (exact) mass is 903 g/mol. The molecule has 5 heteroatoms. The van der Waals surface area contributed by atoms with Gasteiger partial charge in [0.2, 0.25) is 0 Å². The van der Waals surface area contributed by atoms with E-state index in [9.17, 15) is 4.79 Å². The number of benzene rings is 3. The number of fused-ring (bicyclic) bond motifs is 8. The highest BCUT2D eigenvalue weighted by Crippen LogP contribution is 2.43. The highest BCUT2D eigenvalue weighted by molar-refractivity contribution is 6.00. The van der Waals surface area contributed by atoms with Crippen molar-refractivity contribution in [1.82, 2.24) is 19.9 Å². The molecule has 5 nitrogen and oxygen atoms in total. The molecule has 0 amide bonds. The average molecular weight is 903 g/mol. The van der Waals surface area contributed by atoms with E-state index in [2.05, 4.69) is 226 Å². The summed E-state index contributed by atoms with van der Waals surface area (Å²) in [5, 5.41) is 0. The molecule has 0 saturated heterocycles. The van der Waals surface area contributed by atoms with Gasteiger partial charge in [0.15, 0.2) is 6.29 Å². The maximum atomic E-state index is 13.3. The normalized spacial score (nSPS) is 13.7. The Morgan fingerprint density at radius 2 is 0.574 bits per heavy atom. The van der Waals surface area contributed by atoms with Crippen LogP contribution in [0.3, 0.4) is 0 Å². The first kappa shape index (κ1) is 48.4. The molecular weight excluding hydrogens is 829 g/mol. The maximum absolute atomic E-state index is 13.3. The van der Waals surface area contributed by atoms with Crippen LogP contribution in [-0.2, 0) is 32.5 Å². The van der Waals surface area contributed by atoms with Crippen molar-refractivity contribution >= 4 is 52.7 Å². The van der Waals surface area contributed by atoms with Crippen LogP contribution in [0.1, 0.15) is 191 Å². The van der Waals surface area contributed by atoms with Crippen LogP contribution in [0.15, 0.2) is 78.9 Å². The molecule has 0 atom stereocenters. The Hall–Kier alpha value is -6.07. The first-order valence-corrected chi connectivity index (χ1v) is 24.5. The maximum Gasteiger partial charge on any atom is 0.154 e. The summed E-state index contributed by atoms with van der Waals surface area (Å²) in [4.78, 5) is 32.1. The van der Waals surface area contributed by atoms with E-state index in [0.29, 0.717) is 16.8 Å². The van der Waals surface area contributed by atoms with Crippen molar-refractivity contribution in [3.8, 4) is 33.4 Å². The molecule has 2 aliphatic heterocycles. The zero-order valence-corrected chi connectivity index (χ0v) is 44.2. The van der Waals surface area contributed by atoms with Gasteiger partial charge < -0.3 is 9.97 Å². The third-order valence-corrected chi connectivity index (χ3v) is 13.8. The van der Waals surface area contributed by atoms with Crippen LogP contribution in [-0.4, -0.2) is 26.2 Å². The van der Waals surface area contributed by atoms with E-state index in [0.717, 1.165) is 73.3 Å². The van der Waals surface area contributed by atoms with Gasteiger partial charge in [-0.1, -0.05) is 179 Å². The number of aromatic amines is 2. The van der Waals surface area contributed by atoms with E-state index in [-0.39, 0.29) is 32.5 Å². The van der Waals surface area contributed by atoms with E-state index in [1.54, 1.807) is 0 Å². The first-order chi connectivity index (χ1) is 31.4. The summed E-state index contributed by atoms with van der Waals surface area (Å²) in [7, 11) is 0. The van der Waals surface area contributed by atoms with Crippen molar-refractivity contribution in [1.29, 1.82) is 0 Å². The van der Waals surface area contributed by atoms with E-state index in [1.807, 2.05) is 12.1 Å². The second-order valence-electron chi connectivity index (χ2n) is 25.6. The average Bonchev–Trinajstić information content (AvgIpc) is 4.07. The van der Waals surface area contributed by atoms with Crippen LogP contribution in [0.2, 0.25) is 0 Å². The Labute approximate surface area is 406 Å². The quantitative estimate of drug-likeness (QED) is 0.173. The summed E-state index contributed by atoms with van der Waals surface area (Å²) in [6.45, 7) is 41.1. The molecule has 2 aliphatic rings. The number of carbonyl (C=O) groups excluding carboxylic acids is 1. The van der Waals surface area contributed by atoms with Crippen molar-refractivity contribution < 1.29 is 4.79 Å². The summed E-state index contributed by atoms with van der Waals surface area (Å²) < 4.78 is 0. The SMILES string of the molecule is CC(C)(C)c1cc(-c2c3nc(c(-c4cc(C(C)(C)C)cc(C(C)(C)C)c4)c4ccc([nH]4)c(-c4cc(C(C)(C)C)cc(C(C)(C)C)c4)c4nc(c(C=O)c5ccc2[nH]5)C=C4)C=C3)cc(C(C)(C)C)c1. The molecule has 8 rings (SSSR count). The first-order valence-electron chi connectivity index (χ1n) is 24.5. The topological polar surface area (TPSA) is 74.4 Å². The number of H-pyrrole nitrogens is 2. The van der Waals surface area contributed by atoms with Crippen LogP contribution < -0.4 is 0 Å². The molecule has 0 spiro atoms.